The first-order valence-corrected chi connectivity index (χ1v) is 44.3. The van der Waals surface area contributed by atoms with Gasteiger partial charge in [0.2, 0.25) is 5.89 Å². The molecule has 0 saturated heterocycles. The molecule has 4 aliphatic heterocycles. The Kier molecular flexibility index (Phi) is 43.3. The van der Waals surface area contributed by atoms with Gasteiger partial charge in [0.25, 0.3) is 0 Å². The molecule has 17 rings (SSSR count). The van der Waals surface area contributed by atoms with E-state index in [9.17, 15) is 0 Å². The van der Waals surface area contributed by atoms with Gasteiger partial charge in [0.15, 0.2) is 17.3 Å². The minimum Gasteiger partial charge on any atom is -0.441 e. The van der Waals surface area contributed by atoms with Crippen molar-refractivity contribution in [2.75, 3.05) is 0 Å². The highest BCUT2D eigenvalue weighted by molar-refractivity contribution is 5.89. The average molecular weight is 1640 g/mol. The highest BCUT2D eigenvalue weighted by Crippen LogP contribution is 2.32. The van der Waals surface area contributed by atoms with Gasteiger partial charge in [-0.05, 0) is 226 Å². The Balaban J connectivity index is 0.000000279. The van der Waals surface area contributed by atoms with Crippen LogP contribution >= 0.6 is 0 Å². The largest absolute Gasteiger partial charge is 0.441 e. The number of aliphatic imine (C=N–C) groups is 2. The molecule has 12 heteroatoms. The van der Waals surface area contributed by atoms with Crippen LogP contribution in [0.15, 0.2) is 235 Å². The molecule has 0 spiro atoms. The molecule has 12 nitrogen and oxygen atoms in total. The maximum atomic E-state index is 5.26. The number of aromatic nitrogens is 6. The fourth-order valence-electron chi connectivity index (χ4n) is 13.2. The van der Waals surface area contributed by atoms with Crippen LogP contribution in [0.5, 0.6) is 0 Å². The normalized spacial score (nSPS) is 13.8. The fraction of sp³-hybridized carbons (Fsp3) is 0.440. The molecule has 2 unspecified atom stereocenters. The summed E-state index contributed by atoms with van der Waals surface area (Å²) in [5.41, 5.74) is 13.8. The molecule has 0 N–H and O–H groups in total. The van der Waals surface area contributed by atoms with Crippen LogP contribution < -0.4 is 21.2 Å². The van der Waals surface area contributed by atoms with Crippen LogP contribution in [0.3, 0.4) is 0 Å². The van der Waals surface area contributed by atoms with Crippen molar-refractivity contribution < 1.29 is 8.94 Å². The Morgan fingerprint density at radius 2 is 0.893 bits per heavy atom. The SMILES string of the molecule is CC(C)C.CC(C)C.CC(C)C.CC(C)C.CC(C)C.CC1(C)C=c2ccccc2=N1.CC1(C)N=Cc2ccccc21.CC1C=c2ccccc2=N1.CC1N=Cc2ccccc21.Cc1c2ccccc2c(C)n1C(C)C.Cc1c2ccccc2cn1C(C)C.Cc1cc2ccccc2n1C(C)C.Cc1nc(C(C)C)no1.Cc1nc2ccccc2o1. The van der Waals surface area contributed by atoms with Gasteiger partial charge < -0.3 is 22.6 Å². The molecule has 0 aliphatic carbocycles. The van der Waals surface area contributed by atoms with E-state index < -0.39 is 0 Å². The number of benzene rings is 8. The second-order valence-corrected chi connectivity index (χ2v) is 37.0. The van der Waals surface area contributed by atoms with Crippen LogP contribution in [0.25, 0.3) is 55.7 Å². The zero-order chi connectivity index (χ0) is 90.6. The molecule has 8 aromatic carbocycles. The molecule has 0 saturated carbocycles. The smallest absolute Gasteiger partial charge is 0.223 e. The maximum absolute atomic E-state index is 5.26. The van der Waals surface area contributed by atoms with Crippen LogP contribution in [0.2, 0.25) is 0 Å². The molecule has 121 heavy (non-hydrogen) atoms. The van der Waals surface area contributed by atoms with Gasteiger partial charge in [0, 0.05) is 101 Å². The number of fused-ring (bicyclic) bond motifs is 8. The number of aryl methyl sites for hydroxylation is 6. The summed E-state index contributed by atoms with van der Waals surface area (Å²) < 4.78 is 17.1. The number of rotatable bonds is 4. The van der Waals surface area contributed by atoms with Crippen molar-refractivity contribution in [1.82, 2.24) is 28.8 Å². The van der Waals surface area contributed by atoms with Gasteiger partial charge in [-0.3, -0.25) is 20.0 Å². The predicted octanol–water partition coefficient (Wildman–Crippen LogP) is 28.8. The van der Waals surface area contributed by atoms with Crippen LogP contribution in [0, 0.1) is 71.1 Å². The monoisotopic (exact) mass is 1640 g/mol. The summed E-state index contributed by atoms with van der Waals surface area (Å²) in [6.45, 7) is 75.0. The average Bonchev–Trinajstić information content (AvgIpc) is 1.60. The van der Waals surface area contributed by atoms with Gasteiger partial charge >= 0.3 is 0 Å². The summed E-state index contributed by atoms with van der Waals surface area (Å²) in [7, 11) is 0. The van der Waals surface area contributed by atoms with E-state index in [1.54, 1.807) is 6.92 Å². The first-order chi connectivity index (χ1) is 56.9. The van der Waals surface area contributed by atoms with Gasteiger partial charge in [-0.2, -0.15) is 4.98 Å². The van der Waals surface area contributed by atoms with Gasteiger partial charge in [-0.1, -0.05) is 293 Å². The standard InChI is InChI=1S/C13H17N.2C12H15N.2C10H11N.2C9H9N.C8H7NO.C6H10N2O.5C4H10/c1-9(2)14-10(3)12-7-5-6-8-13(12)11(14)4;1-9(2)13-8-11-6-4-5-7-12(11)10(13)3;1-9(2)13-10(3)8-11-6-4-5-7-12(11)13;1-10(2)9-6-4-3-5-8(9)7-11-10;1-10(2)7-8-5-3-4-6-9(8)11-10;1-7-9-5-3-2-4-8(9)6-10-7;1-7-6-8-4-2-3-5-9(8)10-7;1-6-9-7-4-2-3-5-8(7)10-6;1-4(2)6-7-5(3)9-8-6;5*1-4(2)3/h5-9H,1-4H3;2*4-9H,1-3H3;2*3-7H,1-2H3;2*2-7H,1H3;2-5H,1H3;4H,1-3H3;5*4H,1-3H3. The number of hydrogen-bond acceptors (Lipinski definition) is 9. The van der Waals surface area contributed by atoms with E-state index in [0.29, 0.717) is 42.0 Å². The maximum Gasteiger partial charge on any atom is 0.223 e. The Morgan fingerprint density at radius 3 is 1.38 bits per heavy atom. The van der Waals surface area contributed by atoms with Crippen molar-refractivity contribution in [3.8, 4) is 0 Å². The van der Waals surface area contributed by atoms with Gasteiger partial charge in [-0.15, -0.1) is 0 Å². The number of hydrogen-bond donors (Lipinski definition) is 0. The molecule has 0 bridgehead atoms. The highest BCUT2D eigenvalue weighted by Gasteiger charge is 2.25. The number of nitrogens with zero attached hydrogens (tertiary/aromatic N) is 10. The third-order valence-corrected chi connectivity index (χ3v) is 18.0. The third kappa shape index (κ3) is 35.3. The molecule has 652 valence electrons. The molecule has 2 atom stereocenters. The summed E-state index contributed by atoms with van der Waals surface area (Å²) in [4.78, 5) is 25.8. The van der Waals surface area contributed by atoms with Crippen molar-refractivity contribution in [2.24, 2.45) is 49.6 Å². The Labute approximate surface area is 730 Å². The lowest BCUT2D eigenvalue weighted by Crippen LogP contribution is -2.19. The van der Waals surface area contributed by atoms with Crippen molar-refractivity contribution >= 4 is 68.1 Å². The van der Waals surface area contributed by atoms with E-state index >= 15 is 0 Å². The zero-order valence-electron chi connectivity index (χ0n) is 81.1. The summed E-state index contributed by atoms with van der Waals surface area (Å²) in [5.74, 6) is 6.68. The Morgan fingerprint density at radius 1 is 0.421 bits per heavy atom. The first-order valence-electron chi connectivity index (χ1n) is 44.3. The predicted molar refractivity (Wildman–Crippen MR) is 527 cm³/mol. The quantitative estimate of drug-likeness (QED) is 0.173. The molecule has 0 fully saturated rings. The first kappa shape index (κ1) is 103. The van der Waals surface area contributed by atoms with Crippen molar-refractivity contribution in [1.29, 1.82) is 0 Å². The van der Waals surface area contributed by atoms with Gasteiger partial charge in [0.05, 0.1) is 33.9 Å². The number of oxazole rings is 1. The van der Waals surface area contributed by atoms with Crippen LogP contribution in [-0.4, -0.2) is 52.8 Å². The van der Waals surface area contributed by atoms with Crippen LogP contribution in [0.1, 0.15) is 294 Å². The van der Waals surface area contributed by atoms with Crippen molar-refractivity contribution in [2.45, 2.75) is 290 Å². The summed E-state index contributed by atoms with van der Waals surface area (Å²) in [6, 6.07) is 71.2. The fourth-order valence-corrected chi connectivity index (χ4v) is 13.2. The minimum atomic E-state index is -0.00338. The van der Waals surface area contributed by atoms with Crippen molar-refractivity contribution in [3.05, 3.63) is 290 Å². The van der Waals surface area contributed by atoms with E-state index in [4.69, 9.17) is 8.94 Å². The summed E-state index contributed by atoms with van der Waals surface area (Å²) >= 11 is 0. The Bertz CT molecular complexity index is 5320. The molecule has 4 aliphatic rings. The lowest BCUT2D eigenvalue weighted by atomic mass is 9.94. The molecule has 0 amide bonds. The van der Waals surface area contributed by atoms with Gasteiger partial charge in [0.1, 0.15) is 5.52 Å². The third-order valence-electron chi connectivity index (χ3n) is 18.0. The second-order valence-electron chi connectivity index (χ2n) is 37.0. The van der Waals surface area contributed by atoms with Gasteiger partial charge in [-0.25, -0.2) is 4.98 Å². The molecule has 9 heterocycles. The van der Waals surface area contributed by atoms with E-state index in [1.807, 2.05) is 93.9 Å². The van der Waals surface area contributed by atoms with E-state index in [2.05, 4.69) is 421 Å². The van der Waals surface area contributed by atoms with E-state index in [1.165, 1.54) is 87.9 Å². The minimum absolute atomic E-state index is 0.00338. The van der Waals surface area contributed by atoms with Crippen molar-refractivity contribution in [3.63, 3.8) is 0 Å². The lowest BCUT2D eigenvalue weighted by Gasteiger charge is -2.15. The van der Waals surface area contributed by atoms with Crippen LogP contribution in [-0.2, 0) is 5.54 Å². The molecule has 0 radical (unpaired) electrons. The topological polar surface area (TPSA) is 129 Å². The zero-order valence-corrected chi connectivity index (χ0v) is 81.1. The molecule has 13 aromatic rings. The molecular weight excluding hydrogens is 1480 g/mol. The van der Waals surface area contributed by atoms with Crippen LogP contribution in [0.4, 0.5) is 0 Å². The lowest BCUT2D eigenvalue weighted by molar-refractivity contribution is 0.385. The Hall–Kier alpha value is -10.3. The summed E-state index contributed by atoms with van der Waals surface area (Å²) in [6.07, 6.45) is 10.5. The second kappa shape index (κ2) is 50.8. The number of para-hydroxylation sites is 5. The molecule has 5 aromatic heterocycles. The summed E-state index contributed by atoms with van der Waals surface area (Å²) in [5, 5.41) is 15.4. The molecular formula is C109H154N10O2. The van der Waals surface area contributed by atoms with E-state index in [0.717, 1.165) is 63.1 Å². The van der Waals surface area contributed by atoms with E-state index in [-0.39, 0.29) is 11.1 Å². The highest BCUT2D eigenvalue weighted by atomic mass is 16.5.